The Morgan fingerprint density at radius 3 is 2.46 bits per heavy atom. The molecule has 0 bridgehead atoms. The largest absolute Gasteiger partial charge is 0.364 e. The molecule has 1 aliphatic heterocycles. The third kappa shape index (κ3) is 5.40. The molecule has 2 N–H and O–H groups in total. The smallest absolute Gasteiger partial charge is 0.257 e. The number of amides is 2. The van der Waals surface area contributed by atoms with E-state index < -0.39 is 0 Å². The highest BCUT2D eigenvalue weighted by molar-refractivity contribution is 5.95. The highest BCUT2D eigenvalue weighted by atomic mass is 19.1. The van der Waals surface area contributed by atoms with Gasteiger partial charge in [0.15, 0.2) is 5.82 Å². The fraction of sp³-hybridized carbons (Fsp3) is 0.571. The van der Waals surface area contributed by atoms with E-state index in [0.29, 0.717) is 46.8 Å². The molecule has 1 atom stereocenters. The van der Waals surface area contributed by atoms with E-state index >= 15 is 4.39 Å². The predicted molar refractivity (Wildman–Crippen MR) is 138 cm³/mol. The molecule has 1 aliphatic carbocycles. The molecule has 2 fully saturated rings. The van der Waals surface area contributed by atoms with E-state index in [1.165, 1.54) is 25.5 Å². The number of benzene rings is 1. The van der Waals surface area contributed by atoms with E-state index in [-0.39, 0.29) is 35.5 Å². The van der Waals surface area contributed by atoms with E-state index in [0.717, 1.165) is 38.5 Å². The number of fused-ring (bicyclic) bond motifs is 1. The lowest BCUT2D eigenvalue weighted by molar-refractivity contribution is -0.129. The van der Waals surface area contributed by atoms with Crippen molar-refractivity contribution < 1.29 is 18.5 Å². The second kappa shape index (κ2) is 11.0. The third-order valence-electron chi connectivity index (χ3n) is 8.22. The number of hydrogen-bond donors (Lipinski definition) is 2. The summed E-state index contributed by atoms with van der Waals surface area (Å²) in [6, 6.07) is 3.37. The lowest BCUT2D eigenvalue weighted by Gasteiger charge is -2.31. The number of aromatic amines is 1. The molecule has 2 amide bonds. The predicted octanol–water partition coefficient (Wildman–Crippen LogP) is 5.56. The number of nitrogens with one attached hydrogen (secondary N) is 2. The van der Waals surface area contributed by atoms with Crippen LogP contribution in [0.1, 0.15) is 104 Å². The van der Waals surface area contributed by atoms with Gasteiger partial charge in [-0.2, -0.15) is 0 Å². The third-order valence-corrected chi connectivity index (χ3v) is 8.22. The normalized spacial score (nSPS) is 18.9. The molecule has 1 aromatic carbocycles. The van der Waals surface area contributed by atoms with Gasteiger partial charge in [0.2, 0.25) is 5.91 Å². The van der Waals surface area contributed by atoms with Crippen LogP contribution in [0.2, 0.25) is 0 Å². The van der Waals surface area contributed by atoms with Gasteiger partial charge in [-0.3, -0.25) is 9.59 Å². The average molecular weight is 510 g/mol. The molecular weight excluding hydrogens is 473 g/mol. The maximum atomic E-state index is 15.8. The van der Waals surface area contributed by atoms with E-state index in [4.69, 9.17) is 9.51 Å². The molecule has 9 heteroatoms. The highest BCUT2D eigenvalue weighted by Gasteiger charge is 2.31. The zero-order chi connectivity index (χ0) is 25.9. The van der Waals surface area contributed by atoms with Crippen LogP contribution in [0.4, 0.5) is 4.39 Å². The van der Waals surface area contributed by atoms with Crippen molar-refractivity contribution in [1.29, 1.82) is 0 Å². The average Bonchev–Trinajstić information content (AvgIpc) is 3.50. The Labute approximate surface area is 216 Å². The van der Waals surface area contributed by atoms with E-state index in [2.05, 4.69) is 15.5 Å². The standard InChI is InChI=1S/C28H36FN5O3/c1-17-22(16-37-33-17)28(36)32-25(20-8-6-4-3-5-7-9-20)27-30-23-11-10-21(24(29)26(23)31-27)19-12-14-34(15-13-19)18(2)35/h10-11,16,19-20,25H,3-9,12-15H2,1-2H3,(H,30,31)(H,32,36). The topological polar surface area (TPSA) is 104 Å². The fourth-order valence-corrected chi connectivity index (χ4v) is 6.00. The first-order valence-electron chi connectivity index (χ1n) is 13.6. The summed E-state index contributed by atoms with van der Waals surface area (Å²) in [7, 11) is 0. The molecule has 3 aromatic rings. The van der Waals surface area contributed by atoms with Gasteiger partial charge < -0.3 is 19.7 Å². The number of hydrogen-bond acceptors (Lipinski definition) is 5. The lowest BCUT2D eigenvalue weighted by atomic mass is 9.85. The van der Waals surface area contributed by atoms with Crippen molar-refractivity contribution in [1.82, 2.24) is 25.3 Å². The van der Waals surface area contributed by atoms with E-state index in [9.17, 15) is 9.59 Å². The Morgan fingerprint density at radius 1 is 1.11 bits per heavy atom. The van der Waals surface area contributed by atoms with Crippen molar-refractivity contribution in [2.75, 3.05) is 13.1 Å². The summed E-state index contributed by atoms with van der Waals surface area (Å²) in [6.45, 7) is 4.60. The van der Waals surface area contributed by atoms with Crippen LogP contribution < -0.4 is 5.32 Å². The summed E-state index contributed by atoms with van der Waals surface area (Å²) < 4.78 is 20.8. The van der Waals surface area contributed by atoms with Crippen molar-refractivity contribution in [3.63, 3.8) is 0 Å². The number of carbonyl (C=O) groups is 2. The number of rotatable bonds is 5. The lowest BCUT2D eigenvalue weighted by Crippen LogP contribution is -2.36. The fourth-order valence-electron chi connectivity index (χ4n) is 6.00. The minimum absolute atomic E-state index is 0.0535. The van der Waals surface area contributed by atoms with E-state index in [1.807, 2.05) is 17.0 Å². The SMILES string of the molecule is CC(=O)N1CCC(c2ccc3[nH]c(C(NC(=O)c4conc4C)C4CCCCCCC4)nc3c2F)CC1. The maximum absolute atomic E-state index is 15.8. The Balaban J connectivity index is 1.45. The summed E-state index contributed by atoms with van der Waals surface area (Å²) in [5, 5.41) is 7.02. The van der Waals surface area contributed by atoms with Crippen LogP contribution in [0, 0.1) is 18.7 Å². The van der Waals surface area contributed by atoms with Crippen LogP contribution in [-0.2, 0) is 4.79 Å². The first-order chi connectivity index (χ1) is 17.9. The monoisotopic (exact) mass is 509 g/mol. The number of aryl methyl sites for hydroxylation is 1. The van der Waals surface area contributed by atoms with Crippen LogP contribution >= 0.6 is 0 Å². The molecule has 1 unspecified atom stereocenters. The molecule has 5 rings (SSSR count). The quantitative estimate of drug-likeness (QED) is 0.469. The summed E-state index contributed by atoms with van der Waals surface area (Å²) in [5.41, 5.74) is 2.53. The molecule has 0 spiro atoms. The summed E-state index contributed by atoms with van der Waals surface area (Å²) >= 11 is 0. The van der Waals surface area contributed by atoms with Gasteiger partial charge in [-0.25, -0.2) is 9.37 Å². The molecule has 8 nitrogen and oxygen atoms in total. The highest BCUT2D eigenvalue weighted by Crippen LogP contribution is 2.36. The minimum Gasteiger partial charge on any atom is -0.364 e. The van der Waals surface area contributed by atoms with Gasteiger partial charge in [0.25, 0.3) is 5.91 Å². The maximum Gasteiger partial charge on any atom is 0.257 e. The molecule has 2 aliphatic rings. The second-order valence-electron chi connectivity index (χ2n) is 10.6. The van der Waals surface area contributed by atoms with Crippen molar-refractivity contribution in [2.24, 2.45) is 5.92 Å². The second-order valence-corrected chi connectivity index (χ2v) is 10.6. The molecule has 198 valence electrons. The Morgan fingerprint density at radius 2 is 1.81 bits per heavy atom. The van der Waals surface area contributed by atoms with Gasteiger partial charge in [-0.1, -0.05) is 43.3 Å². The summed E-state index contributed by atoms with van der Waals surface area (Å²) in [5.74, 6) is 0.338. The molecule has 0 radical (unpaired) electrons. The number of likely N-dealkylation sites (tertiary alicyclic amines) is 1. The molecule has 1 saturated carbocycles. The van der Waals surface area contributed by atoms with Crippen LogP contribution in [0.3, 0.4) is 0 Å². The summed E-state index contributed by atoms with van der Waals surface area (Å²) in [6.07, 6.45) is 10.6. The van der Waals surface area contributed by atoms with Gasteiger partial charge in [-0.05, 0) is 56.1 Å². The van der Waals surface area contributed by atoms with Crippen molar-refractivity contribution in [2.45, 2.75) is 83.6 Å². The molecular formula is C28H36FN5O3. The first kappa shape index (κ1) is 25.4. The number of H-pyrrole nitrogens is 1. The van der Waals surface area contributed by atoms with Gasteiger partial charge >= 0.3 is 0 Å². The zero-order valence-electron chi connectivity index (χ0n) is 21.7. The number of piperidine rings is 1. The van der Waals surface area contributed by atoms with Gasteiger partial charge in [0, 0.05) is 20.0 Å². The van der Waals surface area contributed by atoms with Crippen LogP contribution in [0.25, 0.3) is 11.0 Å². The number of aromatic nitrogens is 3. The van der Waals surface area contributed by atoms with Crippen LogP contribution in [0.15, 0.2) is 22.9 Å². The first-order valence-corrected chi connectivity index (χ1v) is 13.6. The molecule has 3 heterocycles. The van der Waals surface area contributed by atoms with Crippen LogP contribution in [0.5, 0.6) is 0 Å². The minimum atomic E-state index is -0.367. The van der Waals surface area contributed by atoms with Gasteiger partial charge in [-0.15, -0.1) is 0 Å². The van der Waals surface area contributed by atoms with Gasteiger partial charge in [0.1, 0.15) is 23.2 Å². The number of carbonyl (C=O) groups excluding carboxylic acids is 2. The number of halogens is 1. The molecule has 1 saturated heterocycles. The summed E-state index contributed by atoms with van der Waals surface area (Å²) in [4.78, 5) is 34.8. The molecule has 37 heavy (non-hydrogen) atoms. The van der Waals surface area contributed by atoms with Crippen LogP contribution in [-0.4, -0.2) is 44.9 Å². The van der Waals surface area contributed by atoms with Gasteiger partial charge in [0.05, 0.1) is 17.3 Å². The van der Waals surface area contributed by atoms with Crippen molar-refractivity contribution in [3.8, 4) is 0 Å². The van der Waals surface area contributed by atoms with Crippen molar-refractivity contribution >= 4 is 22.8 Å². The van der Waals surface area contributed by atoms with Crippen molar-refractivity contribution in [3.05, 3.63) is 46.9 Å². The van der Waals surface area contributed by atoms with E-state index in [1.54, 1.807) is 13.8 Å². The Hall–Kier alpha value is -3.23. The Kier molecular flexibility index (Phi) is 7.58. The molecule has 2 aromatic heterocycles. The zero-order valence-corrected chi connectivity index (χ0v) is 21.7. The number of nitrogens with zero attached hydrogens (tertiary/aromatic N) is 3. The Bertz CT molecular complexity index is 1250. The number of imidazole rings is 1.